The van der Waals surface area contributed by atoms with Crippen LogP contribution >= 0.6 is 0 Å². The molecule has 4 rings (SSSR count). The smallest absolute Gasteiger partial charge is 0.258 e. The van der Waals surface area contributed by atoms with Crippen LogP contribution in [-0.2, 0) is 0 Å². The van der Waals surface area contributed by atoms with Crippen molar-refractivity contribution < 1.29 is 9.90 Å². The van der Waals surface area contributed by atoms with Gasteiger partial charge in [0, 0.05) is 12.7 Å². The highest BCUT2D eigenvalue weighted by molar-refractivity contribution is 5.97. The maximum absolute atomic E-state index is 12.8. The van der Waals surface area contributed by atoms with Crippen molar-refractivity contribution >= 4 is 16.9 Å². The summed E-state index contributed by atoms with van der Waals surface area (Å²) >= 11 is 0. The Hall–Kier alpha value is -2.89. The van der Waals surface area contributed by atoms with Gasteiger partial charge in [0.1, 0.15) is 11.6 Å². The second-order valence-corrected chi connectivity index (χ2v) is 6.14. The number of pyridine rings is 1. The minimum atomic E-state index is -0.186. The molecule has 1 aromatic carbocycles. The van der Waals surface area contributed by atoms with E-state index in [0.29, 0.717) is 6.54 Å². The van der Waals surface area contributed by atoms with Crippen LogP contribution in [0.2, 0.25) is 0 Å². The number of hydrogen-bond acceptors (Lipinski definition) is 4. The first-order valence-corrected chi connectivity index (χ1v) is 8.04. The predicted octanol–water partition coefficient (Wildman–Crippen LogP) is 2.95. The van der Waals surface area contributed by atoms with E-state index in [2.05, 4.69) is 9.97 Å². The van der Waals surface area contributed by atoms with Crippen LogP contribution in [0.15, 0.2) is 36.7 Å². The summed E-state index contributed by atoms with van der Waals surface area (Å²) in [6.45, 7) is 2.68. The number of aryl methyl sites for hydroxylation is 1. The van der Waals surface area contributed by atoms with Crippen LogP contribution in [0.3, 0.4) is 0 Å². The summed E-state index contributed by atoms with van der Waals surface area (Å²) in [5, 5.41) is 9.92. The summed E-state index contributed by atoms with van der Waals surface area (Å²) in [7, 11) is 0. The summed E-state index contributed by atoms with van der Waals surface area (Å²) in [6.07, 6.45) is 4.58. The number of carbonyl (C=O) groups excluding carboxylic acids is 1. The van der Waals surface area contributed by atoms with Gasteiger partial charge < -0.3 is 15.0 Å². The summed E-state index contributed by atoms with van der Waals surface area (Å²) in [6, 6.07) is 7.47. The van der Waals surface area contributed by atoms with E-state index < -0.39 is 0 Å². The number of nitrogens with one attached hydrogen (secondary N) is 1. The SMILES string of the molecule is Cc1cccc2[nH]c([C@@H]3CCCN3C(=O)c3ccncc3O)nc12. The maximum Gasteiger partial charge on any atom is 0.258 e. The van der Waals surface area contributed by atoms with Crippen LogP contribution in [0.1, 0.15) is 40.6 Å². The number of benzene rings is 1. The lowest BCUT2D eigenvalue weighted by atomic mass is 10.1. The number of carbonyl (C=O) groups is 1. The van der Waals surface area contributed by atoms with E-state index in [1.807, 2.05) is 25.1 Å². The molecular weight excluding hydrogens is 304 g/mol. The highest BCUT2D eigenvalue weighted by Crippen LogP contribution is 2.34. The Labute approximate surface area is 139 Å². The Kier molecular flexibility index (Phi) is 3.45. The number of rotatable bonds is 2. The van der Waals surface area contributed by atoms with Crippen molar-refractivity contribution in [2.24, 2.45) is 0 Å². The molecule has 1 aliphatic heterocycles. The van der Waals surface area contributed by atoms with Crippen molar-refractivity contribution in [2.75, 3.05) is 6.54 Å². The third-order valence-corrected chi connectivity index (χ3v) is 4.59. The van der Waals surface area contributed by atoms with E-state index in [0.717, 1.165) is 35.3 Å². The summed E-state index contributed by atoms with van der Waals surface area (Å²) in [5.41, 5.74) is 3.32. The summed E-state index contributed by atoms with van der Waals surface area (Å²) in [5.74, 6) is 0.530. The maximum atomic E-state index is 12.8. The molecule has 1 aliphatic rings. The standard InChI is InChI=1S/C18H18N4O2/c1-11-4-2-5-13-16(11)21-17(20-13)14-6-3-9-22(14)18(24)12-7-8-19-10-15(12)23/h2,4-5,7-8,10,14,23H,3,6,9H2,1H3,(H,20,21)/t14-/m0/s1. The van der Waals surface area contributed by atoms with Crippen molar-refractivity contribution in [1.29, 1.82) is 0 Å². The number of para-hydroxylation sites is 1. The minimum Gasteiger partial charge on any atom is -0.505 e. The number of fused-ring (bicyclic) bond motifs is 1. The number of likely N-dealkylation sites (tertiary alicyclic amines) is 1. The van der Waals surface area contributed by atoms with Gasteiger partial charge in [-0.2, -0.15) is 0 Å². The van der Waals surface area contributed by atoms with Gasteiger partial charge >= 0.3 is 0 Å². The second-order valence-electron chi connectivity index (χ2n) is 6.14. The molecule has 3 aromatic rings. The molecule has 1 atom stereocenters. The molecule has 6 nitrogen and oxygen atoms in total. The zero-order valence-electron chi connectivity index (χ0n) is 13.4. The third kappa shape index (κ3) is 2.31. The van der Waals surface area contributed by atoms with E-state index in [-0.39, 0.29) is 23.3 Å². The van der Waals surface area contributed by atoms with Crippen molar-refractivity contribution in [1.82, 2.24) is 19.9 Å². The molecule has 0 unspecified atom stereocenters. The van der Waals surface area contributed by atoms with Crippen LogP contribution in [0.5, 0.6) is 5.75 Å². The average Bonchev–Trinajstić information content (AvgIpc) is 3.22. The van der Waals surface area contributed by atoms with Gasteiger partial charge in [-0.3, -0.25) is 9.78 Å². The van der Waals surface area contributed by atoms with Gasteiger partial charge in [-0.05, 0) is 37.5 Å². The Morgan fingerprint density at radius 1 is 1.38 bits per heavy atom. The minimum absolute atomic E-state index is 0.0893. The second kappa shape index (κ2) is 5.63. The normalized spacial score (nSPS) is 17.5. The zero-order valence-corrected chi connectivity index (χ0v) is 13.4. The zero-order chi connectivity index (χ0) is 16.7. The van der Waals surface area contributed by atoms with Crippen molar-refractivity contribution in [2.45, 2.75) is 25.8 Å². The Balaban J connectivity index is 1.70. The molecule has 0 aliphatic carbocycles. The van der Waals surface area contributed by atoms with Gasteiger partial charge in [0.2, 0.25) is 0 Å². The number of aromatic hydroxyl groups is 1. The molecule has 0 bridgehead atoms. The van der Waals surface area contributed by atoms with Crippen LogP contribution in [-0.4, -0.2) is 37.4 Å². The van der Waals surface area contributed by atoms with E-state index in [9.17, 15) is 9.90 Å². The fraction of sp³-hybridized carbons (Fsp3) is 0.278. The molecule has 2 aromatic heterocycles. The average molecular weight is 322 g/mol. The number of H-pyrrole nitrogens is 1. The first kappa shape index (κ1) is 14.7. The molecule has 3 heterocycles. The number of aromatic amines is 1. The van der Waals surface area contributed by atoms with Gasteiger partial charge in [0.25, 0.3) is 5.91 Å². The molecule has 0 saturated carbocycles. The number of imidazole rings is 1. The number of hydrogen-bond donors (Lipinski definition) is 2. The van der Waals surface area contributed by atoms with Crippen molar-refractivity contribution in [3.63, 3.8) is 0 Å². The molecule has 2 N–H and O–H groups in total. The first-order valence-electron chi connectivity index (χ1n) is 8.04. The van der Waals surface area contributed by atoms with Crippen LogP contribution in [0, 0.1) is 6.92 Å². The van der Waals surface area contributed by atoms with Gasteiger partial charge in [0.15, 0.2) is 0 Å². The molecule has 1 fully saturated rings. The highest BCUT2D eigenvalue weighted by atomic mass is 16.3. The number of aromatic nitrogens is 3. The Bertz CT molecular complexity index is 918. The lowest BCUT2D eigenvalue weighted by Crippen LogP contribution is -2.31. The van der Waals surface area contributed by atoms with Crippen molar-refractivity contribution in [3.8, 4) is 5.75 Å². The third-order valence-electron chi connectivity index (χ3n) is 4.59. The van der Waals surface area contributed by atoms with Crippen LogP contribution in [0.4, 0.5) is 0 Å². The lowest BCUT2D eigenvalue weighted by Gasteiger charge is -2.23. The van der Waals surface area contributed by atoms with Gasteiger partial charge in [-0.1, -0.05) is 12.1 Å². The lowest BCUT2D eigenvalue weighted by molar-refractivity contribution is 0.0727. The summed E-state index contributed by atoms with van der Waals surface area (Å²) in [4.78, 5) is 26.5. The molecule has 0 spiro atoms. The predicted molar refractivity (Wildman–Crippen MR) is 89.7 cm³/mol. The largest absolute Gasteiger partial charge is 0.505 e. The van der Waals surface area contributed by atoms with E-state index in [4.69, 9.17) is 4.98 Å². The number of nitrogens with zero attached hydrogens (tertiary/aromatic N) is 3. The molecule has 24 heavy (non-hydrogen) atoms. The highest BCUT2D eigenvalue weighted by Gasteiger charge is 2.33. The summed E-state index contributed by atoms with van der Waals surface area (Å²) < 4.78 is 0. The topological polar surface area (TPSA) is 82.1 Å². The van der Waals surface area contributed by atoms with E-state index in [1.54, 1.807) is 11.0 Å². The monoisotopic (exact) mass is 322 g/mol. The first-order chi connectivity index (χ1) is 11.6. The Morgan fingerprint density at radius 2 is 2.25 bits per heavy atom. The quantitative estimate of drug-likeness (QED) is 0.760. The van der Waals surface area contributed by atoms with E-state index >= 15 is 0 Å². The van der Waals surface area contributed by atoms with Crippen molar-refractivity contribution in [3.05, 3.63) is 53.6 Å². The molecule has 1 amide bonds. The molecule has 122 valence electrons. The molecular formula is C18H18N4O2. The fourth-order valence-electron chi connectivity index (χ4n) is 3.37. The van der Waals surface area contributed by atoms with Gasteiger partial charge in [-0.25, -0.2) is 4.98 Å². The molecule has 0 radical (unpaired) electrons. The Morgan fingerprint density at radius 3 is 3.04 bits per heavy atom. The number of amides is 1. The molecule has 6 heteroatoms. The van der Waals surface area contributed by atoms with E-state index in [1.165, 1.54) is 12.4 Å². The van der Waals surface area contributed by atoms with Crippen LogP contribution in [0.25, 0.3) is 11.0 Å². The van der Waals surface area contributed by atoms with Gasteiger partial charge in [-0.15, -0.1) is 0 Å². The van der Waals surface area contributed by atoms with Gasteiger partial charge in [0.05, 0.1) is 28.8 Å². The van der Waals surface area contributed by atoms with Crippen LogP contribution < -0.4 is 0 Å². The molecule has 1 saturated heterocycles. The fourth-order valence-corrected chi connectivity index (χ4v) is 3.37.